The van der Waals surface area contributed by atoms with Gasteiger partial charge in [-0.3, -0.25) is 9.69 Å². The normalized spacial score (nSPS) is 15.5. The molecule has 1 unspecified atom stereocenters. The highest BCUT2D eigenvalue weighted by atomic mass is 32.1. The average Bonchev–Trinajstić information content (AvgIpc) is 3.47. The molecule has 0 radical (unpaired) electrons. The van der Waals surface area contributed by atoms with Gasteiger partial charge in [0.05, 0.1) is 24.6 Å². The molecule has 1 aliphatic rings. The molecule has 1 atom stereocenters. The number of hydrogen-bond donors (Lipinski definition) is 0. The van der Waals surface area contributed by atoms with Gasteiger partial charge in [-0.15, -0.1) is 21.5 Å². The molecule has 30 heavy (non-hydrogen) atoms. The van der Waals surface area contributed by atoms with Crippen molar-refractivity contribution in [2.45, 2.75) is 25.9 Å². The lowest BCUT2D eigenvalue weighted by atomic mass is 10.0. The number of carbonyl (C=O) groups excluding carboxylic acids is 1. The van der Waals surface area contributed by atoms with Crippen LogP contribution in [-0.2, 0) is 16.1 Å². The Morgan fingerprint density at radius 3 is 2.67 bits per heavy atom. The Kier molecular flexibility index (Phi) is 6.88. The number of amides is 1. The van der Waals surface area contributed by atoms with E-state index in [1.165, 1.54) is 0 Å². The van der Waals surface area contributed by atoms with Gasteiger partial charge in [-0.05, 0) is 30.0 Å². The van der Waals surface area contributed by atoms with E-state index in [1.807, 2.05) is 52.7 Å². The van der Waals surface area contributed by atoms with Crippen LogP contribution in [0, 0.1) is 0 Å². The van der Waals surface area contributed by atoms with Crippen LogP contribution in [0.1, 0.15) is 30.8 Å². The number of aromatic nitrogens is 2. The van der Waals surface area contributed by atoms with Gasteiger partial charge in [0.2, 0.25) is 11.8 Å². The molecule has 1 aliphatic heterocycles. The maximum Gasteiger partial charge on any atom is 0.257 e. The third-order valence-electron chi connectivity index (χ3n) is 5.09. The molecule has 8 heteroatoms. The van der Waals surface area contributed by atoms with E-state index in [-0.39, 0.29) is 5.91 Å². The Bertz CT molecular complexity index is 923. The lowest BCUT2D eigenvalue weighted by molar-refractivity contribution is -0.141. The molecule has 0 saturated carbocycles. The molecule has 3 heterocycles. The monoisotopic (exact) mass is 426 g/mol. The van der Waals surface area contributed by atoms with Gasteiger partial charge in [0.15, 0.2) is 0 Å². The highest BCUT2D eigenvalue weighted by Gasteiger charge is 2.32. The fraction of sp³-hybridized carbons (Fsp3) is 0.409. The number of morpholine rings is 1. The highest BCUT2D eigenvalue weighted by molar-refractivity contribution is 7.13. The second kappa shape index (κ2) is 9.97. The van der Waals surface area contributed by atoms with Crippen molar-refractivity contribution in [2.75, 3.05) is 32.8 Å². The largest absolute Gasteiger partial charge is 0.419 e. The van der Waals surface area contributed by atoms with Crippen LogP contribution in [0.2, 0.25) is 0 Å². The van der Waals surface area contributed by atoms with Gasteiger partial charge in [0, 0.05) is 13.1 Å². The van der Waals surface area contributed by atoms with Crippen molar-refractivity contribution >= 4 is 17.2 Å². The first-order valence-corrected chi connectivity index (χ1v) is 11.2. The van der Waals surface area contributed by atoms with Crippen molar-refractivity contribution in [1.82, 2.24) is 20.0 Å². The van der Waals surface area contributed by atoms with Crippen LogP contribution >= 0.6 is 11.3 Å². The molecule has 2 aromatic heterocycles. The van der Waals surface area contributed by atoms with E-state index in [9.17, 15) is 4.79 Å². The zero-order chi connectivity index (χ0) is 20.8. The summed E-state index contributed by atoms with van der Waals surface area (Å²) in [4.78, 5) is 18.5. The lowest BCUT2D eigenvalue weighted by Crippen LogP contribution is -2.47. The number of benzene rings is 1. The minimum absolute atomic E-state index is 0.0935. The summed E-state index contributed by atoms with van der Waals surface area (Å²) in [5.74, 6) is 1.13. The molecule has 0 bridgehead atoms. The van der Waals surface area contributed by atoms with Gasteiger partial charge in [-0.25, -0.2) is 0 Å². The van der Waals surface area contributed by atoms with Crippen molar-refractivity contribution < 1.29 is 13.9 Å². The summed E-state index contributed by atoms with van der Waals surface area (Å²) < 4.78 is 11.4. The Labute approximate surface area is 180 Å². The number of nitrogens with zero attached hydrogens (tertiary/aromatic N) is 4. The number of hydrogen-bond acceptors (Lipinski definition) is 7. The summed E-state index contributed by atoms with van der Waals surface area (Å²) in [6.45, 7) is 5.66. The molecule has 1 fully saturated rings. The van der Waals surface area contributed by atoms with Crippen LogP contribution in [-0.4, -0.2) is 58.8 Å². The van der Waals surface area contributed by atoms with Gasteiger partial charge >= 0.3 is 0 Å². The van der Waals surface area contributed by atoms with Gasteiger partial charge in [0.1, 0.15) is 6.04 Å². The predicted molar refractivity (Wildman–Crippen MR) is 115 cm³/mol. The fourth-order valence-electron chi connectivity index (χ4n) is 3.68. The van der Waals surface area contributed by atoms with E-state index in [0.29, 0.717) is 44.6 Å². The summed E-state index contributed by atoms with van der Waals surface area (Å²) in [6.07, 6.45) is 0.908. The first-order valence-electron chi connectivity index (χ1n) is 10.3. The summed E-state index contributed by atoms with van der Waals surface area (Å²) in [7, 11) is 0. The second-order valence-corrected chi connectivity index (χ2v) is 8.15. The standard InChI is InChI=1S/C22H26N4O3S/c1-2-10-26(16-19-23-24-21(29-19)18-9-6-15-30-18)20(17-7-4-3-5-8-17)22(27)25-11-13-28-14-12-25/h3-9,15,20H,2,10-14,16H2,1H3. The van der Waals surface area contributed by atoms with Gasteiger partial charge in [0.25, 0.3) is 5.89 Å². The van der Waals surface area contributed by atoms with Gasteiger partial charge < -0.3 is 14.1 Å². The zero-order valence-corrected chi connectivity index (χ0v) is 17.9. The van der Waals surface area contributed by atoms with E-state index >= 15 is 0 Å². The Morgan fingerprint density at radius 1 is 1.17 bits per heavy atom. The van der Waals surface area contributed by atoms with E-state index in [1.54, 1.807) is 11.3 Å². The zero-order valence-electron chi connectivity index (χ0n) is 17.1. The van der Waals surface area contributed by atoms with E-state index in [0.717, 1.165) is 23.4 Å². The average molecular weight is 427 g/mol. The minimum Gasteiger partial charge on any atom is -0.419 e. The van der Waals surface area contributed by atoms with Crippen molar-refractivity contribution in [3.8, 4) is 10.8 Å². The Balaban J connectivity index is 1.61. The number of carbonyl (C=O) groups is 1. The van der Waals surface area contributed by atoms with Crippen LogP contribution in [0.5, 0.6) is 0 Å². The second-order valence-electron chi connectivity index (χ2n) is 7.20. The molecule has 0 spiro atoms. The Morgan fingerprint density at radius 2 is 1.97 bits per heavy atom. The number of rotatable bonds is 8. The number of thiophene rings is 1. The summed E-state index contributed by atoms with van der Waals surface area (Å²) in [5, 5.41) is 10.4. The van der Waals surface area contributed by atoms with Crippen molar-refractivity contribution in [1.29, 1.82) is 0 Å². The summed E-state index contributed by atoms with van der Waals surface area (Å²) in [6, 6.07) is 13.4. The first kappa shape index (κ1) is 20.7. The quantitative estimate of drug-likeness (QED) is 0.548. The van der Waals surface area contributed by atoms with Crippen LogP contribution in [0.15, 0.2) is 52.3 Å². The predicted octanol–water partition coefficient (Wildman–Crippen LogP) is 3.61. The molecule has 4 rings (SSSR count). The SMILES string of the molecule is CCCN(Cc1nnc(-c2cccs2)o1)C(C(=O)N1CCOCC1)c1ccccc1. The molecule has 1 saturated heterocycles. The van der Waals surface area contributed by atoms with Gasteiger partial charge in [-0.2, -0.15) is 0 Å². The molecular formula is C22H26N4O3S. The third kappa shape index (κ3) is 4.77. The summed E-state index contributed by atoms with van der Waals surface area (Å²) in [5.41, 5.74) is 0.973. The lowest BCUT2D eigenvalue weighted by Gasteiger charge is -2.35. The van der Waals surface area contributed by atoms with Crippen molar-refractivity contribution in [3.63, 3.8) is 0 Å². The molecule has 0 aliphatic carbocycles. The smallest absolute Gasteiger partial charge is 0.257 e. The molecule has 7 nitrogen and oxygen atoms in total. The van der Waals surface area contributed by atoms with E-state index in [4.69, 9.17) is 9.15 Å². The van der Waals surface area contributed by atoms with Crippen molar-refractivity contribution in [3.05, 3.63) is 59.3 Å². The molecule has 3 aromatic rings. The molecular weight excluding hydrogens is 400 g/mol. The maximum atomic E-state index is 13.6. The number of ether oxygens (including phenoxy) is 1. The van der Waals surface area contributed by atoms with Crippen LogP contribution in [0.25, 0.3) is 10.8 Å². The summed E-state index contributed by atoms with van der Waals surface area (Å²) >= 11 is 1.56. The van der Waals surface area contributed by atoms with Gasteiger partial charge in [-0.1, -0.05) is 43.3 Å². The van der Waals surface area contributed by atoms with Crippen molar-refractivity contribution in [2.24, 2.45) is 0 Å². The fourth-order valence-corrected chi connectivity index (χ4v) is 4.32. The molecule has 1 aromatic carbocycles. The Hall–Kier alpha value is -2.55. The van der Waals surface area contributed by atoms with Crippen LogP contribution in [0.4, 0.5) is 0 Å². The topological polar surface area (TPSA) is 71.7 Å². The van der Waals surface area contributed by atoms with E-state index < -0.39 is 6.04 Å². The maximum absolute atomic E-state index is 13.6. The van der Waals surface area contributed by atoms with Crippen LogP contribution < -0.4 is 0 Å². The molecule has 0 N–H and O–H groups in total. The molecule has 1 amide bonds. The third-order valence-corrected chi connectivity index (χ3v) is 5.94. The van der Waals surface area contributed by atoms with E-state index in [2.05, 4.69) is 22.0 Å². The molecule has 158 valence electrons. The minimum atomic E-state index is -0.402. The van der Waals surface area contributed by atoms with Crippen LogP contribution in [0.3, 0.4) is 0 Å². The first-order chi connectivity index (χ1) is 14.8. The highest BCUT2D eigenvalue weighted by Crippen LogP contribution is 2.28.